The molecule has 1 amide bonds. The van der Waals surface area contributed by atoms with E-state index in [1.54, 1.807) is 0 Å². The van der Waals surface area contributed by atoms with Gasteiger partial charge in [0.25, 0.3) is 0 Å². The number of aryl methyl sites for hydroxylation is 3. The molecular weight excluding hydrogens is 410 g/mol. The normalized spacial score (nSPS) is 12.1. The number of amides is 1. The van der Waals surface area contributed by atoms with Crippen LogP contribution in [0.3, 0.4) is 0 Å². The zero-order valence-corrected chi connectivity index (χ0v) is 19.0. The first-order valence-corrected chi connectivity index (χ1v) is 11.5. The van der Waals surface area contributed by atoms with Crippen molar-refractivity contribution in [1.82, 2.24) is 9.97 Å². The number of fused-ring (bicyclic) bond motifs is 1. The molecule has 0 saturated heterocycles. The van der Waals surface area contributed by atoms with Crippen molar-refractivity contribution in [3.05, 3.63) is 70.6 Å². The average Bonchev–Trinajstić information content (AvgIpc) is 3.18. The number of thiazole rings is 1. The highest BCUT2D eigenvalue weighted by Gasteiger charge is 2.18. The van der Waals surface area contributed by atoms with Crippen molar-refractivity contribution in [2.24, 2.45) is 0 Å². The number of nitrogens with one attached hydrogen (secondary N) is 1. The minimum Gasteiger partial charge on any atom is -0.301 e. The minimum absolute atomic E-state index is 0.0749. The maximum absolute atomic E-state index is 12.7. The van der Waals surface area contributed by atoms with E-state index in [0.717, 1.165) is 27.4 Å². The molecule has 0 aliphatic carbocycles. The van der Waals surface area contributed by atoms with Gasteiger partial charge in [-0.25, -0.2) is 9.97 Å². The lowest BCUT2D eigenvalue weighted by Gasteiger charge is -2.13. The quantitative estimate of drug-likeness (QED) is 0.370. The van der Waals surface area contributed by atoms with Gasteiger partial charge in [-0.3, -0.25) is 4.79 Å². The highest BCUT2D eigenvalue weighted by molar-refractivity contribution is 8.00. The standard InChI is InChI=1S/C24H23N3OS2/c1-14-10-16(3)22-19(11-14)15(2)12-21(26-22)30-17(4)23(28)27-24-25-20(13-29-24)18-8-6-5-7-9-18/h5-13,17H,1-4H3,(H,25,27,28). The molecule has 30 heavy (non-hydrogen) atoms. The number of hydrogen-bond donors (Lipinski definition) is 1. The summed E-state index contributed by atoms with van der Waals surface area (Å²) in [7, 11) is 0. The maximum atomic E-state index is 12.7. The zero-order valence-electron chi connectivity index (χ0n) is 17.4. The SMILES string of the molecule is Cc1cc(C)c2nc(SC(C)C(=O)Nc3nc(-c4ccccc4)cs3)cc(C)c2c1. The molecule has 2 aromatic heterocycles. The Hall–Kier alpha value is -2.70. The van der Waals surface area contributed by atoms with Crippen LogP contribution >= 0.6 is 23.1 Å². The van der Waals surface area contributed by atoms with E-state index >= 15 is 0 Å². The molecular formula is C24H23N3OS2. The number of thioether (sulfide) groups is 1. The topological polar surface area (TPSA) is 54.9 Å². The summed E-state index contributed by atoms with van der Waals surface area (Å²) >= 11 is 2.91. The Kier molecular flexibility index (Phi) is 5.88. The van der Waals surface area contributed by atoms with E-state index in [2.05, 4.69) is 49.3 Å². The molecule has 0 bridgehead atoms. The first kappa shape index (κ1) is 20.6. The Bertz CT molecular complexity index is 1220. The van der Waals surface area contributed by atoms with Crippen LogP contribution in [0.1, 0.15) is 23.6 Å². The largest absolute Gasteiger partial charge is 0.301 e. The van der Waals surface area contributed by atoms with Gasteiger partial charge in [0.15, 0.2) is 5.13 Å². The molecule has 4 aromatic rings. The second kappa shape index (κ2) is 8.58. The van der Waals surface area contributed by atoms with Gasteiger partial charge in [-0.15, -0.1) is 11.3 Å². The van der Waals surface area contributed by atoms with Gasteiger partial charge in [0.2, 0.25) is 5.91 Å². The molecule has 2 aromatic carbocycles. The van der Waals surface area contributed by atoms with Gasteiger partial charge in [0, 0.05) is 16.3 Å². The van der Waals surface area contributed by atoms with Gasteiger partial charge in [0.1, 0.15) is 0 Å². The molecule has 0 spiro atoms. The van der Waals surface area contributed by atoms with Gasteiger partial charge in [-0.2, -0.15) is 0 Å². The minimum atomic E-state index is -0.288. The van der Waals surface area contributed by atoms with Crippen molar-refractivity contribution >= 4 is 45.0 Å². The van der Waals surface area contributed by atoms with Crippen molar-refractivity contribution in [3.63, 3.8) is 0 Å². The second-order valence-electron chi connectivity index (χ2n) is 7.41. The third kappa shape index (κ3) is 4.40. The van der Waals surface area contributed by atoms with E-state index in [0.29, 0.717) is 5.13 Å². The molecule has 4 nitrogen and oxygen atoms in total. The first-order valence-electron chi connectivity index (χ1n) is 9.78. The lowest BCUT2D eigenvalue weighted by atomic mass is 10.0. The lowest BCUT2D eigenvalue weighted by molar-refractivity contribution is -0.115. The highest BCUT2D eigenvalue weighted by Crippen LogP contribution is 2.30. The van der Waals surface area contributed by atoms with Crippen LogP contribution in [0, 0.1) is 20.8 Å². The Morgan fingerprint density at radius 2 is 1.80 bits per heavy atom. The van der Waals surface area contributed by atoms with Gasteiger partial charge in [-0.05, 0) is 51.0 Å². The number of anilines is 1. The van der Waals surface area contributed by atoms with Crippen LogP contribution in [0.25, 0.3) is 22.2 Å². The molecule has 1 unspecified atom stereocenters. The van der Waals surface area contributed by atoms with E-state index < -0.39 is 0 Å². The van der Waals surface area contributed by atoms with Crippen molar-refractivity contribution in [3.8, 4) is 11.3 Å². The third-order valence-electron chi connectivity index (χ3n) is 4.90. The summed E-state index contributed by atoms with van der Waals surface area (Å²) in [5.41, 5.74) is 6.48. The number of aromatic nitrogens is 2. The van der Waals surface area contributed by atoms with Crippen LogP contribution in [0.4, 0.5) is 5.13 Å². The molecule has 0 aliphatic rings. The molecule has 152 valence electrons. The van der Waals surface area contributed by atoms with Gasteiger partial charge < -0.3 is 5.32 Å². The first-order chi connectivity index (χ1) is 14.4. The van der Waals surface area contributed by atoms with Crippen LogP contribution in [0.2, 0.25) is 0 Å². The van der Waals surface area contributed by atoms with Crippen LogP contribution in [0.5, 0.6) is 0 Å². The van der Waals surface area contributed by atoms with Gasteiger partial charge in [-0.1, -0.05) is 53.7 Å². The molecule has 0 radical (unpaired) electrons. The van der Waals surface area contributed by atoms with Crippen molar-refractivity contribution < 1.29 is 4.79 Å². The summed E-state index contributed by atoms with van der Waals surface area (Å²) < 4.78 is 0. The lowest BCUT2D eigenvalue weighted by Crippen LogP contribution is -2.22. The van der Waals surface area contributed by atoms with Gasteiger partial charge in [0.05, 0.1) is 21.5 Å². The molecule has 4 rings (SSSR count). The van der Waals surface area contributed by atoms with Crippen molar-refractivity contribution in [1.29, 1.82) is 0 Å². The third-order valence-corrected chi connectivity index (χ3v) is 6.68. The highest BCUT2D eigenvalue weighted by atomic mass is 32.2. The molecule has 2 heterocycles. The summed E-state index contributed by atoms with van der Waals surface area (Å²) in [5, 5.41) is 7.26. The fourth-order valence-corrected chi connectivity index (χ4v) is 5.03. The fraction of sp³-hybridized carbons (Fsp3) is 0.208. The van der Waals surface area contributed by atoms with Crippen LogP contribution in [-0.4, -0.2) is 21.1 Å². The number of carbonyl (C=O) groups excluding carboxylic acids is 1. The average molecular weight is 434 g/mol. The number of nitrogens with zero attached hydrogens (tertiary/aromatic N) is 2. The molecule has 6 heteroatoms. The predicted octanol–water partition coefficient (Wildman–Crippen LogP) is 6.40. The molecule has 1 N–H and O–H groups in total. The van der Waals surface area contributed by atoms with E-state index in [1.165, 1.54) is 39.6 Å². The van der Waals surface area contributed by atoms with E-state index in [-0.39, 0.29) is 11.2 Å². The number of rotatable bonds is 5. The molecule has 0 fully saturated rings. The monoisotopic (exact) mass is 433 g/mol. The van der Waals surface area contributed by atoms with Crippen molar-refractivity contribution in [2.75, 3.05) is 5.32 Å². The Morgan fingerprint density at radius 3 is 2.57 bits per heavy atom. The van der Waals surface area contributed by atoms with Crippen LogP contribution < -0.4 is 5.32 Å². The Balaban J connectivity index is 1.48. The van der Waals surface area contributed by atoms with Crippen LogP contribution in [-0.2, 0) is 4.79 Å². The smallest absolute Gasteiger partial charge is 0.239 e. The molecule has 0 aliphatic heterocycles. The number of hydrogen-bond acceptors (Lipinski definition) is 5. The number of pyridine rings is 1. The molecule has 0 saturated carbocycles. The number of benzene rings is 2. The summed E-state index contributed by atoms with van der Waals surface area (Å²) in [6, 6.07) is 16.3. The zero-order chi connectivity index (χ0) is 21.3. The van der Waals surface area contributed by atoms with Crippen molar-refractivity contribution in [2.45, 2.75) is 38.0 Å². The second-order valence-corrected chi connectivity index (χ2v) is 9.63. The van der Waals surface area contributed by atoms with E-state index in [1.807, 2.05) is 42.6 Å². The fourth-order valence-electron chi connectivity index (χ4n) is 3.39. The maximum Gasteiger partial charge on any atom is 0.239 e. The summed E-state index contributed by atoms with van der Waals surface area (Å²) in [6.45, 7) is 8.18. The van der Waals surface area contributed by atoms with Gasteiger partial charge >= 0.3 is 0 Å². The van der Waals surface area contributed by atoms with E-state index in [4.69, 9.17) is 4.98 Å². The predicted molar refractivity (Wildman–Crippen MR) is 127 cm³/mol. The Morgan fingerprint density at radius 1 is 1.03 bits per heavy atom. The van der Waals surface area contributed by atoms with Crippen LogP contribution in [0.15, 0.2) is 58.9 Å². The summed E-state index contributed by atoms with van der Waals surface area (Å²) in [6.07, 6.45) is 0. The Labute approximate surface area is 184 Å². The molecule has 1 atom stereocenters. The number of carbonyl (C=O) groups is 1. The summed E-state index contributed by atoms with van der Waals surface area (Å²) in [4.78, 5) is 22.1. The van der Waals surface area contributed by atoms with E-state index in [9.17, 15) is 4.79 Å². The summed E-state index contributed by atoms with van der Waals surface area (Å²) in [5.74, 6) is -0.0749.